The number of carboxylic acids is 1. The van der Waals surface area contributed by atoms with Crippen LogP contribution in [0.1, 0.15) is 24.5 Å². The minimum Gasteiger partial charge on any atom is -0.481 e. The van der Waals surface area contributed by atoms with Gasteiger partial charge >= 0.3 is 5.97 Å². The number of aliphatic carboxylic acids is 1. The first-order chi connectivity index (χ1) is 8.19. The van der Waals surface area contributed by atoms with Crippen molar-refractivity contribution in [1.82, 2.24) is 4.98 Å². The maximum atomic E-state index is 10.6. The molecule has 1 N–H and O–H groups in total. The quantitative estimate of drug-likeness (QED) is 0.877. The van der Waals surface area contributed by atoms with Gasteiger partial charge in [0.05, 0.1) is 11.9 Å². The summed E-state index contributed by atoms with van der Waals surface area (Å²) in [5.41, 5.74) is 2.88. The lowest BCUT2D eigenvalue weighted by molar-refractivity contribution is -0.136. The molecule has 0 bridgehead atoms. The molecule has 3 nitrogen and oxygen atoms in total. The minimum atomic E-state index is -0.813. The van der Waals surface area contributed by atoms with Crippen molar-refractivity contribution < 1.29 is 9.90 Å². The van der Waals surface area contributed by atoms with Crippen molar-refractivity contribution in [2.45, 2.75) is 26.2 Å². The van der Waals surface area contributed by atoms with E-state index in [0.717, 1.165) is 29.3 Å². The molecular formula is C14H15NO2. The van der Waals surface area contributed by atoms with Crippen molar-refractivity contribution in [3.63, 3.8) is 0 Å². The van der Waals surface area contributed by atoms with Gasteiger partial charge in [0.25, 0.3) is 0 Å². The Labute approximate surface area is 100 Å². The van der Waals surface area contributed by atoms with Crippen LogP contribution in [0.5, 0.6) is 0 Å². The number of rotatable bonds is 4. The average Bonchev–Trinajstić information content (AvgIpc) is 2.29. The standard InChI is InChI=1S/C14H15NO2/c1-2-3-11-6-12-5-4-10(8-14(16)17)7-13(12)15-9-11/h4-7,9H,2-3,8H2,1H3,(H,16,17). The number of carbonyl (C=O) groups is 1. The lowest BCUT2D eigenvalue weighted by atomic mass is 10.1. The molecule has 2 aromatic rings. The van der Waals surface area contributed by atoms with Crippen LogP contribution in [0.3, 0.4) is 0 Å². The van der Waals surface area contributed by atoms with Gasteiger partial charge in [0.15, 0.2) is 0 Å². The van der Waals surface area contributed by atoms with Crippen molar-refractivity contribution in [3.8, 4) is 0 Å². The third-order valence-corrected chi connectivity index (χ3v) is 2.70. The third-order valence-electron chi connectivity index (χ3n) is 2.70. The molecule has 0 spiro atoms. The molecular weight excluding hydrogens is 214 g/mol. The van der Waals surface area contributed by atoms with E-state index in [2.05, 4.69) is 18.0 Å². The van der Waals surface area contributed by atoms with E-state index >= 15 is 0 Å². The van der Waals surface area contributed by atoms with E-state index < -0.39 is 5.97 Å². The zero-order valence-electron chi connectivity index (χ0n) is 9.81. The van der Waals surface area contributed by atoms with Crippen LogP contribution in [0, 0.1) is 0 Å². The van der Waals surface area contributed by atoms with E-state index in [0.29, 0.717) is 0 Å². The monoisotopic (exact) mass is 229 g/mol. The van der Waals surface area contributed by atoms with Gasteiger partial charge in [-0.25, -0.2) is 0 Å². The normalized spacial score (nSPS) is 10.6. The molecule has 0 radical (unpaired) electrons. The maximum Gasteiger partial charge on any atom is 0.307 e. The molecule has 3 heteroatoms. The van der Waals surface area contributed by atoms with Crippen molar-refractivity contribution in [2.24, 2.45) is 0 Å². The summed E-state index contributed by atoms with van der Waals surface area (Å²) in [4.78, 5) is 15.0. The number of carboxylic acid groups (broad SMARTS) is 1. The predicted molar refractivity (Wildman–Crippen MR) is 67.1 cm³/mol. The zero-order valence-corrected chi connectivity index (χ0v) is 9.81. The molecule has 88 valence electrons. The minimum absolute atomic E-state index is 0.0499. The van der Waals surface area contributed by atoms with Gasteiger partial charge in [-0.3, -0.25) is 9.78 Å². The van der Waals surface area contributed by atoms with Crippen LogP contribution >= 0.6 is 0 Å². The van der Waals surface area contributed by atoms with E-state index in [9.17, 15) is 4.79 Å². The molecule has 0 aliphatic heterocycles. The zero-order chi connectivity index (χ0) is 12.3. The second-order valence-electron chi connectivity index (χ2n) is 4.19. The highest BCUT2D eigenvalue weighted by molar-refractivity contribution is 5.81. The topological polar surface area (TPSA) is 50.2 Å². The highest BCUT2D eigenvalue weighted by Crippen LogP contribution is 2.16. The van der Waals surface area contributed by atoms with Gasteiger partial charge in [0.1, 0.15) is 0 Å². The number of nitrogens with zero attached hydrogens (tertiary/aromatic N) is 1. The molecule has 0 fully saturated rings. The first kappa shape index (κ1) is 11.6. The summed E-state index contributed by atoms with van der Waals surface area (Å²) in [6, 6.07) is 7.77. The number of aromatic nitrogens is 1. The molecule has 0 amide bonds. The van der Waals surface area contributed by atoms with Gasteiger partial charge in [0.2, 0.25) is 0 Å². The van der Waals surface area contributed by atoms with E-state index in [1.807, 2.05) is 24.4 Å². The summed E-state index contributed by atoms with van der Waals surface area (Å²) in [6.07, 6.45) is 4.05. The Morgan fingerprint density at radius 1 is 1.29 bits per heavy atom. The first-order valence-electron chi connectivity index (χ1n) is 5.78. The van der Waals surface area contributed by atoms with Crippen molar-refractivity contribution in [2.75, 3.05) is 0 Å². The average molecular weight is 229 g/mol. The van der Waals surface area contributed by atoms with Crippen LogP contribution in [-0.4, -0.2) is 16.1 Å². The summed E-state index contributed by atoms with van der Waals surface area (Å²) in [5, 5.41) is 9.81. The summed E-state index contributed by atoms with van der Waals surface area (Å²) < 4.78 is 0. The predicted octanol–water partition coefficient (Wildman–Crippen LogP) is 2.81. The third kappa shape index (κ3) is 2.81. The molecule has 0 unspecified atom stereocenters. The van der Waals surface area contributed by atoms with Crippen molar-refractivity contribution in [1.29, 1.82) is 0 Å². The van der Waals surface area contributed by atoms with Gasteiger partial charge < -0.3 is 5.11 Å². The number of benzene rings is 1. The molecule has 1 aromatic heterocycles. The molecule has 0 saturated carbocycles. The molecule has 0 aliphatic rings. The van der Waals surface area contributed by atoms with Crippen molar-refractivity contribution in [3.05, 3.63) is 41.6 Å². The largest absolute Gasteiger partial charge is 0.481 e. The van der Waals surface area contributed by atoms with Crippen LogP contribution in [0.2, 0.25) is 0 Å². The van der Waals surface area contributed by atoms with Gasteiger partial charge in [-0.15, -0.1) is 0 Å². The van der Waals surface area contributed by atoms with E-state index in [4.69, 9.17) is 5.11 Å². The number of hydrogen-bond acceptors (Lipinski definition) is 2. The first-order valence-corrected chi connectivity index (χ1v) is 5.78. The van der Waals surface area contributed by atoms with Crippen LogP contribution in [0.15, 0.2) is 30.5 Å². The lowest BCUT2D eigenvalue weighted by Crippen LogP contribution is -1.99. The lowest BCUT2D eigenvalue weighted by Gasteiger charge is -2.03. The molecule has 0 aliphatic carbocycles. The fourth-order valence-electron chi connectivity index (χ4n) is 1.92. The Morgan fingerprint density at radius 2 is 2.12 bits per heavy atom. The van der Waals surface area contributed by atoms with E-state index in [1.54, 1.807) is 0 Å². The summed E-state index contributed by atoms with van der Waals surface area (Å²) in [5.74, 6) is -0.813. The fraction of sp³-hybridized carbons (Fsp3) is 0.286. The summed E-state index contributed by atoms with van der Waals surface area (Å²) in [7, 11) is 0. The molecule has 1 heterocycles. The van der Waals surface area contributed by atoms with Gasteiger partial charge in [0, 0.05) is 11.6 Å². The smallest absolute Gasteiger partial charge is 0.307 e. The Kier molecular flexibility index (Phi) is 3.38. The summed E-state index contributed by atoms with van der Waals surface area (Å²) in [6.45, 7) is 2.14. The van der Waals surface area contributed by atoms with Gasteiger partial charge in [-0.1, -0.05) is 25.5 Å². The molecule has 1 aromatic carbocycles. The Morgan fingerprint density at radius 3 is 2.82 bits per heavy atom. The number of hydrogen-bond donors (Lipinski definition) is 1. The van der Waals surface area contributed by atoms with Gasteiger partial charge in [-0.05, 0) is 29.7 Å². The van der Waals surface area contributed by atoms with Gasteiger partial charge in [-0.2, -0.15) is 0 Å². The summed E-state index contributed by atoms with van der Waals surface area (Å²) >= 11 is 0. The number of fused-ring (bicyclic) bond motifs is 1. The Balaban J connectivity index is 2.36. The van der Waals surface area contributed by atoms with Crippen LogP contribution in [0.25, 0.3) is 10.9 Å². The van der Waals surface area contributed by atoms with Crippen LogP contribution in [-0.2, 0) is 17.6 Å². The second-order valence-corrected chi connectivity index (χ2v) is 4.19. The highest BCUT2D eigenvalue weighted by Gasteiger charge is 2.03. The van der Waals surface area contributed by atoms with Crippen LogP contribution < -0.4 is 0 Å². The molecule has 0 atom stereocenters. The maximum absolute atomic E-state index is 10.6. The van der Waals surface area contributed by atoms with Crippen LogP contribution in [0.4, 0.5) is 0 Å². The van der Waals surface area contributed by atoms with Crippen molar-refractivity contribution >= 4 is 16.9 Å². The number of pyridine rings is 1. The SMILES string of the molecule is CCCc1cnc2cc(CC(=O)O)ccc2c1. The molecule has 0 saturated heterocycles. The highest BCUT2D eigenvalue weighted by atomic mass is 16.4. The Bertz CT molecular complexity index is 549. The Hall–Kier alpha value is -1.90. The fourth-order valence-corrected chi connectivity index (χ4v) is 1.92. The van der Waals surface area contributed by atoms with E-state index in [-0.39, 0.29) is 6.42 Å². The molecule has 2 rings (SSSR count). The second kappa shape index (κ2) is 4.95. The molecule has 17 heavy (non-hydrogen) atoms. The number of aryl methyl sites for hydroxylation is 1. The van der Waals surface area contributed by atoms with E-state index in [1.165, 1.54) is 5.56 Å².